The molecule has 3 aromatic rings. The van der Waals surface area contributed by atoms with Crippen molar-refractivity contribution in [1.82, 2.24) is 29.1 Å². The molecule has 7 heteroatoms. The van der Waals surface area contributed by atoms with Crippen LogP contribution < -0.4 is 4.90 Å². The molecule has 0 spiro atoms. The Morgan fingerprint density at radius 2 is 2.14 bits per heavy atom. The molecule has 0 unspecified atom stereocenters. The molecule has 0 fully saturated rings. The highest BCUT2D eigenvalue weighted by Gasteiger charge is 2.10. The number of fused-ring (bicyclic) bond motifs is 1. The predicted octanol–water partition coefficient (Wildman–Crippen LogP) is 1.72. The minimum absolute atomic E-state index is 0.659. The Morgan fingerprint density at radius 3 is 2.86 bits per heavy atom. The molecule has 0 aliphatic rings. The van der Waals surface area contributed by atoms with Gasteiger partial charge in [0, 0.05) is 44.3 Å². The smallest absolute Gasteiger partial charge is 0.254 e. The second kappa shape index (κ2) is 6.13. The molecule has 0 aliphatic heterocycles. The maximum absolute atomic E-state index is 4.48. The summed E-state index contributed by atoms with van der Waals surface area (Å²) in [5.41, 5.74) is 1.04. The van der Waals surface area contributed by atoms with Gasteiger partial charge in [-0.2, -0.15) is 14.6 Å². The van der Waals surface area contributed by atoms with Crippen molar-refractivity contribution in [3.63, 3.8) is 0 Å². The van der Waals surface area contributed by atoms with Crippen LogP contribution in [0.25, 0.3) is 5.78 Å². The van der Waals surface area contributed by atoms with Gasteiger partial charge in [0.25, 0.3) is 5.78 Å². The van der Waals surface area contributed by atoms with Crippen LogP contribution in [0.2, 0.25) is 0 Å². The SMILES string of the molecule is CCc1cc(N(C)CCCn2ccnc2C)n2ncnc2n1. The second-order valence-electron chi connectivity index (χ2n) is 5.37. The van der Waals surface area contributed by atoms with Gasteiger partial charge in [0.05, 0.1) is 0 Å². The topological polar surface area (TPSA) is 64.1 Å². The minimum Gasteiger partial charge on any atom is -0.359 e. The Bertz CT molecular complexity index is 758. The van der Waals surface area contributed by atoms with E-state index in [0.717, 1.165) is 43.3 Å². The van der Waals surface area contributed by atoms with Crippen molar-refractivity contribution in [2.75, 3.05) is 18.5 Å². The second-order valence-corrected chi connectivity index (χ2v) is 5.37. The van der Waals surface area contributed by atoms with Crippen LogP contribution in [0.4, 0.5) is 5.82 Å². The molecule has 0 bridgehead atoms. The lowest BCUT2D eigenvalue weighted by Gasteiger charge is -2.20. The van der Waals surface area contributed by atoms with E-state index in [9.17, 15) is 0 Å². The molecule has 7 nitrogen and oxygen atoms in total. The largest absolute Gasteiger partial charge is 0.359 e. The van der Waals surface area contributed by atoms with Gasteiger partial charge in [0.2, 0.25) is 0 Å². The van der Waals surface area contributed by atoms with Gasteiger partial charge in [-0.05, 0) is 19.8 Å². The van der Waals surface area contributed by atoms with Gasteiger partial charge in [-0.15, -0.1) is 0 Å². The molecule has 0 saturated carbocycles. The molecule has 22 heavy (non-hydrogen) atoms. The van der Waals surface area contributed by atoms with Crippen molar-refractivity contribution in [1.29, 1.82) is 0 Å². The molecule has 0 saturated heterocycles. The molecular formula is C15H21N7. The van der Waals surface area contributed by atoms with Crippen molar-refractivity contribution in [3.05, 3.63) is 36.3 Å². The van der Waals surface area contributed by atoms with Crippen molar-refractivity contribution in [2.24, 2.45) is 0 Å². The number of hydrogen-bond donors (Lipinski definition) is 0. The van der Waals surface area contributed by atoms with Crippen LogP contribution in [0, 0.1) is 6.92 Å². The number of aromatic nitrogens is 6. The van der Waals surface area contributed by atoms with Crippen LogP contribution in [0.15, 0.2) is 24.8 Å². The normalized spacial score (nSPS) is 11.2. The number of imidazole rings is 1. The molecule has 3 aromatic heterocycles. The van der Waals surface area contributed by atoms with Gasteiger partial charge >= 0.3 is 0 Å². The fourth-order valence-electron chi connectivity index (χ4n) is 2.53. The van der Waals surface area contributed by atoms with E-state index in [1.807, 2.05) is 19.3 Å². The van der Waals surface area contributed by atoms with E-state index < -0.39 is 0 Å². The molecule has 0 aliphatic carbocycles. The highest BCUT2D eigenvalue weighted by molar-refractivity contribution is 5.46. The molecule has 0 atom stereocenters. The first-order valence-electron chi connectivity index (χ1n) is 7.57. The van der Waals surface area contributed by atoms with Crippen LogP contribution in [0.3, 0.4) is 0 Å². The predicted molar refractivity (Wildman–Crippen MR) is 85.0 cm³/mol. The zero-order chi connectivity index (χ0) is 15.5. The highest BCUT2D eigenvalue weighted by Crippen LogP contribution is 2.15. The standard InChI is InChI=1S/C15H21N7/c1-4-13-10-14(22-15(19-13)17-11-18-22)20(3)7-5-8-21-9-6-16-12(21)2/h6,9-11H,4-5,7-8H2,1-3H3. The van der Waals surface area contributed by atoms with E-state index in [1.54, 1.807) is 10.8 Å². The average molecular weight is 299 g/mol. The van der Waals surface area contributed by atoms with Crippen LogP contribution in [0.1, 0.15) is 24.9 Å². The number of aryl methyl sites for hydroxylation is 3. The lowest BCUT2D eigenvalue weighted by molar-refractivity contribution is 0.618. The number of rotatable bonds is 6. The van der Waals surface area contributed by atoms with Gasteiger partial charge in [-0.3, -0.25) is 0 Å². The number of anilines is 1. The molecule has 116 valence electrons. The Hall–Kier alpha value is -2.44. The Morgan fingerprint density at radius 1 is 1.27 bits per heavy atom. The Labute approximate surface area is 129 Å². The van der Waals surface area contributed by atoms with Crippen molar-refractivity contribution in [2.45, 2.75) is 33.2 Å². The third-order valence-corrected chi connectivity index (χ3v) is 3.86. The summed E-state index contributed by atoms with van der Waals surface area (Å²) in [5.74, 6) is 2.74. The van der Waals surface area contributed by atoms with E-state index in [0.29, 0.717) is 5.78 Å². The van der Waals surface area contributed by atoms with E-state index in [-0.39, 0.29) is 0 Å². The molecule has 0 radical (unpaired) electrons. The number of nitrogens with zero attached hydrogens (tertiary/aromatic N) is 7. The summed E-state index contributed by atoms with van der Waals surface area (Å²) in [6, 6.07) is 2.09. The summed E-state index contributed by atoms with van der Waals surface area (Å²) in [6.45, 7) is 6.02. The van der Waals surface area contributed by atoms with Crippen LogP contribution in [-0.2, 0) is 13.0 Å². The summed E-state index contributed by atoms with van der Waals surface area (Å²) in [7, 11) is 2.08. The highest BCUT2D eigenvalue weighted by atomic mass is 15.4. The lowest BCUT2D eigenvalue weighted by Crippen LogP contribution is -2.23. The van der Waals surface area contributed by atoms with E-state index in [4.69, 9.17) is 0 Å². The molecule has 0 N–H and O–H groups in total. The monoisotopic (exact) mass is 299 g/mol. The van der Waals surface area contributed by atoms with Gasteiger partial charge in [-0.25, -0.2) is 9.97 Å². The third kappa shape index (κ3) is 2.79. The van der Waals surface area contributed by atoms with Crippen LogP contribution in [-0.4, -0.2) is 42.7 Å². The van der Waals surface area contributed by atoms with Crippen LogP contribution >= 0.6 is 0 Å². The Balaban J connectivity index is 1.73. The first-order valence-corrected chi connectivity index (χ1v) is 7.57. The summed E-state index contributed by atoms with van der Waals surface area (Å²) in [6.07, 6.45) is 7.33. The third-order valence-electron chi connectivity index (χ3n) is 3.86. The van der Waals surface area contributed by atoms with Gasteiger partial charge in [-0.1, -0.05) is 6.92 Å². The molecule has 3 heterocycles. The maximum atomic E-state index is 4.48. The van der Waals surface area contributed by atoms with E-state index in [1.165, 1.54) is 0 Å². The number of hydrogen-bond acceptors (Lipinski definition) is 5. The van der Waals surface area contributed by atoms with Gasteiger partial charge in [0.15, 0.2) is 0 Å². The van der Waals surface area contributed by atoms with Gasteiger partial charge in [0.1, 0.15) is 18.0 Å². The average Bonchev–Trinajstić information content (AvgIpc) is 3.15. The van der Waals surface area contributed by atoms with Crippen molar-refractivity contribution in [3.8, 4) is 0 Å². The van der Waals surface area contributed by atoms with Crippen molar-refractivity contribution >= 4 is 11.6 Å². The maximum Gasteiger partial charge on any atom is 0.254 e. The van der Waals surface area contributed by atoms with Gasteiger partial charge < -0.3 is 9.47 Å². The first-order chi connectivity index (χ1) is 10.7. The molecule has 0 amide bonds. The van der Waals surface area contributed by atoms with E-state index >= 15 is 0 Å². The minimum atomic E-state index is 0.659. The Kier molecular flexibility index (Phi) is 4.04. The van der Waals surface area contributed by atoms with E-state index in [2.05, 4.69) is 49.6 Å². The zero-order valence-electron chi connectivity index (χ0n) is 13.3. The molecule has 0 aromatic carbocycles. The van der Waals surface area contributed by atoms with Crippen molar-refractivity contribution < 1.29 is 0 Å². The molecular weight excluding hydrogens is 278 g/mol. The summed E-state index contributed by atoms with van der Waals surface area (Å²) in [4.78, 5) is 15.1. The molecule has 3 rings (SSSR count). The summed E-state index contributed by atoms with van der Waals surface area (Å²) in [5, 5.41) is 4.27. The zero-order valence-corrected chi connectivity index (χ0v) is 13.3. The fraction of sp³-hybridized carbons (Fsp3) is 0.467. The quantitative estimate of drug-likeness (QED) is 0.693. The van der Waals surface area contributed by atoms with Crippen LogP contribution in [0.5, 0.6) is 0 Å². The summed E-state index contributed by atoms with van der Waals surface area (Å²) < 4.78 is 3.96. The lowest BCUT2D eigenvalue weighted by atomic mass is 10.3. The first kappa shape index (κ1) is 14.5. The summed E-state index contributed by atoms with van der Waals surface area (Å²) >= 11 is 0. The fourth-order valence-corrected chi connectivity index (χ4v) is 2.53.